The van der Waals surface area contributed by atoms with Gasteiger partial charge in [0.15, 0.2) is 0 Å². The zero-order chi connectivity index (χ0) is 15.2. The molecule has 1 N–H and O–H groups in total. The number of methoxy groups -OCH3 is 1. The number of hydrogen-bond donors (Lipinski definition) is 1. The number of hydrazone groups is 1. The van der Waals surface area contributed by atoms with Gasteiger partial charge in [0.2, 0.25) is 0 Å². The van der Waals surface area contributed by atoms with Crippen molar-refractivity contribution in [2.24, 2.45) is 5.10 Å². The fourth-order valence-corrected chi connectivity index (χ4v) is 1.55. The smallest absolute Gasteiger partial charge is 0.428 e. The van der Waals surface area contributed by atoms with Crippen LogP contribution in [0.25, 0.3) is 0 Å². The number of hydrogen-bond acceptors (Lipinski definition) is 4. The molecule has 5 nitrogen and oxygen atoms in total. The van der Waals surface area contributed by atoms with E-state index in [0.29, 0.717) is 6.42 Å². The van der Waals surface area contributed by atoms with Crippen molar-refractivity contribution in [1.29, 1.82) is 0 Å². The summed E-state index contributed by atoms with van der Waals surface area (Å²) >= 11 is 0. The van der Waals surface area contributed by atoms with Gasteiger partial charge in [-0.25, -0.2) is 10.2 Å². The van der Waals surface area contributed by atoms with Crippen LogP contribution in [0.3, 0.4) is 0 Å². The maximum atomic E-state index is 11.6. The molecule has 1 amide bonds. The maximum absolute atomic E-state index is 11.6. The standard InChI is InChI=1S/C15H22N2O3/c1-6-13(11-7-9-12(19-5)10-8-11)16-17-14(18)20-15(2,3)4/h7-10H,6H2,1-5H3,(H,17,18)/b16-13-. The van der Waals surface area contributed by atoms with Crippen molar-refractivity contribution in [3.05, 3.63) is 29.8 Å². The molecule has 1 aromatic rings. The number of benzene rings is 1. The Balaban J connectivity index is 2.74. The van der Waals surface area contributed by atoms with E-state index in [4.69, 9.17) is 9.47 Å². The molecule has 0 fully saturated rings. The molecule has 0 unspecified atom stereocenters. The van der Waals surface area contributed by atoms with E-state index in [1.807, 2.05) is 31.2 Å². The summed E-state index contributed by atoms with van der Waals surface area (Å²) in [6.07, 6.45) is 0.138. The number of carbonyl (C=O) groups is 1. The number of ether oxygens (including phenoxy) is 2. The first-order valence-electron chi connectivity index (χ1n) is 6.55. The normalized spacial score (nSPS) is 11.9. The van der Waals surface area contributed by atoms with E-state index >= 15 is 0 Å². The van der Waals surface area contributed by atoms with E-state index in [-0.39, 0.29) is 0 Å². The van der Waals surface area contributed by atoms with Crippen LogP contribution in [-0.4, -0.2) is 24.5 Å². The van der Waals surface area contributed by atoms with Crippen molar-refractivity contribution in [3.8, 4) is 5.75 Å². The molecule has 20 heavy (non-hydrogen) atoms. The van der Waals surface area contributed by atoms with Gasteiger partial charge in [0.25, 0.3) is 0 Å². The molecule has 0 spiro atoms. The second-order valence-corrected chi connectivity index (χ2v) is 5.25. The Morgan fingerprint density at radius 3 is 2.30 bits per heavy atom. The molecule has 0 bridgehead atoms. The minimum absolute atomic E-state index is 0.536. The average molecular weight is 278 g/mol. The number of carbonyl (C=O) groups excluding carboxylic acids is 1. The van der Waals surface area contributed by atoms with Gasteiger partial charge < -0.3 is 9.47 Å². The highest BCUT2D eigenvalue weighted by Crippen LogP contribution is 2.13. The van der Waals surface area contributed by atoms with Crippen LogP contribution < -0.4 is 10.2 Å². The van der Waals surface area contributed by atoms with Crippen molar-refractivity contribution in [2.75, 3.05) is 7.11 Å². The zero-order valence-corrected chi connectivity index (χ0v) is 12.7. The number of nitrogens with zero attached hydrogens (tertiary/aromatic N) is 1. The molecule has 0 heterocycles. The van der Waals surface area contributed by atoms with Crippen LogP contribution in [0.15, 0.2) is 29.4 Å². The molecule has 110 valence electrons. The third-order valence-corrected chi connectivity index (χ3v) is 2.44. The summed E-state index contributed by atoms with van der Waals surface area (Å²) in [5.74, 6) is 0.782. The predicted molar refractivity (Wildman–Crippen MR) is 79.2 cm³/mol. The van der Waals surface area contributed by atoms with Gasteiger partial charge in [0.1, 0.15) is 11.4 Å². The van der Waals surface area contributed by atoms with Crippen molar-refractivity contribution in [1.82, 2.24) is 5.43 Å². The summed E-state index contributed by atoms with van der Waals surface area (Å²) in [6.45, 7) is 7.39. The van der Waals surface area contributed by atoms with Crippen LogP contribution in [0.2, 0.25) is 0 Å². The van der Waals surface area contributed by atoms with Crippen LogP contribution in [-0.2, 0) is 4.74 Å². The lowest BCUT2D eigenvalue weighted by molar-refractivity contribution is 0.0529. The number of rotatable bonds is 4. The van der Waals surface area contributed by atoms with Gasteiger partial charge in [-0.1, -0.05) is 6.92 Å². The van der Waals surface area contributed by atoms with E-state index in [0.717, 1.165) is 17.0 Å². The van der Waals surface area contributed by atoms with Gasteiger partial charge >= 0.3 is 6.09 Å². The summed E-state index contributed by atoms with van der Waals surface area (Å²) < 4.78 is 10.2. The largest absolute Gasteiger partial charge is 0.497 e. The Bertz CT molecular complexity index is 473. The lowest BCUT2D eigenvalue weighted by atomic mass is 10.1. The molecule has 5 heteroatoms. The first kappa shape index (κ1) is 16.0. The van der Waals surface area contributed by atoms with Gasteiger partial charge in [0, 0.05) is 0 Å². The minimum Gasteiger partial charge on any atom is -0.497 e. The second-order valence-electron chi connectivity index (χ2n) is 5.25. The fraction of sp³-hybridized carbons (Fsp3) is 0.467. The Kier molecular flexibility index (Phi) is 5.55. The van der Waals surface area contributed by atoms with Gasteiger partial charge in [-0.3, -0.25) is 0 Å². The lowest BCUT2D eigenvalue weighted by Gasteiger charge is -2.18. The quantitative estimate of drug-likeness (QED) is 0.678. The SMILES string of the molecule is CC/C(=N/NC(=O)OC(C)(C)C)c1ccc(OC)cc1. The van der Waals surface area contributed by atoms with Gasteiger partial charge in [0.05, 0.1) is 12.8 Å². The van der Waals surface area contributed by atoms with Crippen LogP contribution in [0, 0.1) is 0 Å². The molecular weight excluding hydrogens is 256 g/mol. The first-order chi connectivity index (χ1) is 9.35. The van der Waals surface area contributed by atoms with Crippen LogP contribution in [0.1, 0.15) is 39.7 Å². The monoisotopic (exact) mass is 278 g/mol. The van der Waals surface area contributed by atoms with Crippen LogP contribution >= 0.6 is 0 Å². The molecule has 0 aromatic heterocycles. The summed E-state index contributed by atoms with van der Waals surface area (Å²) in [7, 11) is 1.62. The molecule has 0 saturated heterocycles. The molecule has 0 aliphatic heterocycles. The molecule has 0 aliphatic rings. The van der Waals surface area contributed by atoms with E-state index < -0.39 is 11.7 Å². The minimum atomic E-state index is -0.558. The maximum Gasteiger partial charge on any atom is 0.428 e. The predicted octanol–water partition coefficient (Wildman–Crippen LogP) is 3.33. The average Bonchev–Trinajstić information content (AvgIpc) is 2.38. The van der Waals surface area contributed by atoms with Crippen molar-refractivity contribution < 1.29 is 14.3 Å². The second kappa shape index (κ2) is 6.93. The van der Waals surface area contributed by atoms with Crippen molar-refractivity contribution in [2.45, 2.75) is 39.7 Å². The summed E-state index contributed by atoms with van der Waals surface area (Å²) in [5.41, 5.74) is 3.59. The Hall–Kier alpha value is -2.04. The molecular formula is C15H22N2O3. The molecule has 0 aliphatic carbocycles. The highest BCUT2D eigenvalue weighted by atomic mass is 16.6. The number of amides is 1. The van der Waals surface area contributed by atoms with Gasteiger partial charge in [-0.2, -0.15) is 5.10 Å². The van der Waals surface area contributed by atoms with Crippen LogP contribution in [0.5, 0.6) is 5.75 Å². The highest BCUT2D eigenvalue weighted by Gasteiger charge is 2.15. The molecule has 0 atom stereocenters. The van der Waals surface area contributed by atoms with Crippen molar-refractivity contribution in [3.63, 3.8) is 0 Å². The molecule has 0 radical (unpaired) electrons. The van der Waals surface area contributed by atoms with E-state index in [9.17, 15) is 4.79 Å². The third-order valence-electron chi connectivity index (χ3n) is 2.44. The fourth-order valence-electron chi connectivity index (χ4n) is 1.55. The Labute approximate surface area is 120 Å². The Morgan fingerprint density at radius 1 is 1.25 bits per heavy atom. The Morgan fingerprint density at radius 2 is 1.85 bits per heavy atom. The van der Waals surface area contributed by atoms with E-state index in [1.165, 1.54) is 0 Å². The van der Waals surface area contributed by atoms with E-state index in [2.05, 4.69) is 10.5 Å². The first-order valence-corrected chi connectivity index (χ1v) is 6.55. The summed E-state index contributed by atoms with van der Waals surface area (Å²) in [6, 6.07) is 7.51. The van der Waals surface area contributed by atoms with Gasteiger partial charge in [-0.05, 0) is 57.0 Å². The molecule has 0 saturated carbocycles. The van der Waals surface area contributed by atoms with Crippen molar-refractivity contribution >= 4 is 11.8 Å². The topological polar surface area (TPSA) is 59.9 Å². The lowest BCUT2D eigenvalue weighted by Crippen LogP contribution is -2.30. The molecule has 1 aromatic carbocycles. The van der Waals surface area contributed by atoms with E-state index in [1.54, 1.807) is 27.9 Å². The summed E-state index contributed by atoms with van der Waals surface area (Å²) in [5, 5.41) is 4.10. The van der Waals surface area contributed by atoms with Gasteiger partial charge in [-0.15, -0.1) is 0 Å². The number of nitrogens with one attached hydrogen (secondary N) is 1. The molecule has 1 rings (SSSR count). The highest BCUT2D eigenvalue weighted by molar-refractivity contribution is 6.00. The summed E-state index contributed by atoms with van der Waals surface area (Å²) in [4.78, 5) is 11.6. The zero-order valence-electron chi connectivity index (χ0n) is 12.7. The third kappa shape index (κ3) is 5.30. The van der Waals surface area contributed by atoms with Crippen LogP contribution in [0.4, 0.5) is 4.79 Å².